The van der Waals surface area contributed by atoms with E-state index in [1.807, 2.05) is 12.1 Å². The summed E-state index contributed by atoms with van der Waals surface area (Å²) in [6.07, 6.45) is 1.63. The maximum Gasteiger partial charge on any atom is 0.123 e. The Labute approximate surface area is 114 Å². The molecule has 1 heterocycles. The fourth-order valence-electron chi connectivity index (χ4n) is 2.35. The number of nitrogens with one attached hydrogen (secondary N) is 1. The van der Waals surface area contributed by atoms with Crippen molar-refractivity contribution in [2.75, 3.05) is 6.61 Å². The molecule has 0 aliphatic carbocycles. The highest BCUT2D eigenvalue weighted by Crippen LogP contribution is 2.23. The number of aliphatic hydroxyl groups is 1. The third-order valence-corrected chi connectivity index (χ3v) is 3.63. The number of aliphatic hydroxyl groups excluding tert-OH is 1. The van der Waals surface area contributed by atoms with Crippen molar-refractivity contribution < 1.29 is 9.52 Å². The van der Waals surface area contributed by atoms with Crippen LogP contribution >= 0.6 is 0 Å². The van der Waals surface area contributed by atoms with E-state index >= 15 is 0 Å². The van der Waals surface area contributed by atoms with E-state index in [0.717, 1.165) is 5.76 Å². The van der Waals surface area contributed by atoms with Crippen molar-refractivity contribution in [2.45, 2.75) is 32.9 Å². The molecule has 0 aliphatic rings. The molecule has 1 aromatic carbocycles. The highest BCUT2D eigenvalue weighted by molar-refractivity contribution is 5.35. The Bertz CT molecular complexity index is 520. The lowest BCUT2D eigenvalue weighted by Gasteiger charge is -2.22. The maximum atomic E-state index is 9.50. The van der Waals surface area contributed by atoms with Crippen LogP contribution in [0, 0.1) is 13.8 Å². The molecule has 0 aliphatic heterocycles. The summed E-state index contributed by atoms with van der Waals surface area (Å²) in [6, 6.07) is 9.99. The first kappa shape index (κ1) is 13.8. The lowest BCUT2D eigenvalue weighted by Crippen LogP contribution is -2.27. The SMILES string of the molecule is Cc1cccc(C(C)NC(CO)c2ccco2)c1C. The van der Waals surface area contributed by atoms with Crippen LogP contribution in [0.25, 0.3) is 0 Å². The molecule has 2 atom stereocenters. The molecule has 19 heavy (non-hydrogen) atoms. The van der Waals surface area contributed by atoms with Crippen molar-refractivity contribution in [3.8, 4) is 0 Å². The van der Waals surface area contributed by atoms with Crippen molar-refractivity contribution in [3.63, 3.8) is 0 Å². The van der Waals surface area contributed by atoms with E-state index in [2.05, 4.69) is 44.3 Å². The van der Waals surface area contributed by atoms with E-state index in [4.69, 9.17) is 4.42 Å². The average molecular weight is 259 g/mol. The first-order valence-electron chi connectivity index (χ1n) is 6.60. The van der Waals surface area contributed by atoms with Crippen LogP contribution in [0.3, 0.4) is 0 Å². The van der Waals surface area contributed by atoms with Gasteiger partial charge in [0.25, 0.3) is 0 Å². The number of hydrogen-bond donors (Lipinski definition) is 2. The molecule has 102 valence electrons. The van der Waals surface area contributed by atoms with Gasteiger partial charge in [-0.15, -0.1) is 0 Å². The van der Waals surface area contributed by atoms with Crippen molar-refractivity contribution in [3.05, 3.63) is 59.0 Å². The van der Waals surface area contributed by atoms with E-state index in [0.29, 0.717) is 0 Å². The highest BCUT2D eigenvalue weighted by atomic mass is 16.3. The van der Waals surface area contributed by atoms with E-state index in [1.54, 1.807) is 6.26 Å². The molecule has 0 radical (unpaired) electrons. The molecule has 0 fully saturated rings. The van der Waals surface area contributed by atoms with Gasteiger partial charge in [0.15, 0.2) is 0 Å². The van der Waals surface area contributed by atoms with Crippen LogP contribution in [0.2, 0.25) is 0 Å². The average Bonchev–Trinajstić information content (AvgIpc) is 2.92. The van der Waals surface area contributed by atoms with Crippen LogP contribution < -0.4 is 5.32 Å². The fourth-order valence-corrected chi connectivity index (χ4v) is 2.35. The summed E-state index contributed by atoms with van der Waals surface area (Å²) >= 11 is 0. The van der Waals surface area contributed by atoms with Gasteiger partial charge in [-0.05, 0) is 49.6 Å². The molecule has 0 spiro atoms. The molecule has 0 amide bonds. The number of furan rings is 1. The topological polar surface area (TPSA) is 45.4 Å². The minimum absolute atomic E-state index is 0.0166. The van der Waals surface area contributed by atoms with Crippen LogP contribution in [0.1, 0.15) is 41.5 Å². The molecule has 0 saturated carbocycles. The minimum atomic E-state index is -0.176. The zero-order valence-corrected chi connectivity index (χ0v) is 11.7. The molecular weight excluding hydrogens is 238 g/mol. The van der Waals surface area contributed by atoms with Crippen LogP contribution in [-0.4, -0.2) is 11.7 Å². The summed E-state index contributed by atoms with van der Waals surface area (Å²) in [6.45, 7) is 6.36. The molecule has 0 saturated heterocycles. The second-order valence-corrected chi connectivity index (χ2v) is 4.93. The third-order valence-electron chi connectivity index (χ3n) is 3.63. The summed E-state index contributed by atoms with van der Waals surface area (Å²) in [5, 5.41) is 12.9. The molecule has 1 aromatic heterocycles. The van der Waals surface area contributed by atoms with Crippen LogP contribution in [0.5, 0.6) is 0 Å². The van der Waals surface area contributed by atoms with E-state index < -0.39 is 0 Å². The third kappa shape index (κ3) is 3.06. The molecule has 3 heteroatoms. The second-order valence-electron chi connectivity index (χ2n) is 4.93. The molecule has 2 unspecified atom stereocenters. The Morgan fingerprint density at radius 3 is 2.63 bits per heavy atom. The molecule has 2 N–H and O–H groups in total. The molecule has 3 nitrogen and oxygen atoms in total. The lowest BCUT2D eigenvalue weighted by atomic mass is 9.98. The molecular formula is C16H21NO2. The monoisotopic (exact) mass is 259 g/mol. The van der Waals surface area contributed by atoms with Crippen LogP contribution in [0.15, 0.2) is 41.0 Å². The second kappa shape index (κ2) is 6.04. The molecule has 2 aromatic rings. The summed E-state index contributed by atoms with van der Waals surface area (Å²) < 4.78 is 5.35. The first-order chi connectivity index (χ1) is 9.13. The van der Waals surface area contributed by atoms with E-state index in [9.17, 15) is 5.11 Å². The predicted molar refractivity (Wildman–Crippen MR) is 76.0 cm³/mol. The van der Waals surface area contributed by atoms with Gasteiger partial charge in [0.1, 0.15) is 5.76 Å². The van der Waals surface area contributed by atoms with Gasteiger partial charge >= 0.3 is 0 Å². The summed E-state index contributed by atoms with van der Waals surface area (Å²) in [5.74, 6) is 0.764. The quantitative estimate of drug-likeness (QED) is 0.866. The normalized spacial score (nSPS) is 14.3. The zero-order valence-electron chi connectivity index (χ0n) is 11.7. The van der Waals surface area contributed by atoms with Crippen molar-refractivity contribution in [2.24, 2.45) is 0 Å². The highest BCUT2D eigenvalue weighted by Gasteiger charge is 2.18. The van der Waals surface area contributed by atoms with Gasteiger partial charge in [-0.2, -0.15) is 0 Å². The van der Waals surface area contributed by atoms with Crippen LogP contribution in [-0.2, 0) is 0 Å². The number of benzene rings is 1. The molecule has 0 bridgehead atoms. The lowest BCUT2D eigenvalue weighted by molar-refractivity contribution is 0.217. The van der Waals surface area contributed by atoms with E-state index in [1.165, 1.54) is 16.7 Å². The number of rotatable bonds is 5. The fraction of sp³-hybridized carbons (Fsp3) is 0.375. The Morgan fingerprint density at radius 2 is 2.00 bits per heavy atom. The zero-order chi connectivity index (χ0) is 13.8. The largest absolute Gasteiger partial charge is 0.468 e. The first-order valence-corrected chi connectivity index (χ1v) is 6.60. The van der Waals surface area contributed by atoms with Gasteiger partial charge in [0, 0.05) is 6.04 Å². The van der Waals surface area contributed by atoms with Gasteiger partial charge < -0.3 is 9.52 Å². The van der Waals surface area contributed by atoms with Gasteiger partial charge in [-0.3, -0.25) is 5.32 Å². The number of aryl methyl sites for hydroxylation is 1. The Kier molecular flexibility index (Phi) is 4.40. The smallest absolute Gasteiger partial charge is 0.123 e. The van der Waals surface area contributed by atoms with Crippen molar-refractivity contribution in [1.82, 2.24) is 5.32 Å². The molecule has 2 rings (SSSR count). The van der Waals surface area contributed by atoms with Crippen LogP contribution in [0.4, 0.5) is 0 Å². The van der Waals surface area contributed by atoms with Gasteiger partial charge in [0.2, 0.25) is 0 Å². The Morgan fingerprint density at radius 1 is 1.21 bits per heavy atom. The van der Waals surface area contributed by atoms with Crippen molar-refractivity contribution >= 4 is 0 Å². The van der Waals surface area contributed by atoms with Gasteiger partial charge in [-0.25, -0.2) is 0 Å². The summed E-state index contributed by atoms with van der Waals surface area (Å²) in [7, 11) is 0. The van der Waals surface area contributed by atoms with Crippen molar-refractivity contribution in [1.29, 1.82) is 0 Å². The Hall–Kier alpha value is -1.58. The standard InChI is InChI=1S/C16H21NO2/c1-11-6-4-7-14(12(11)2)13(3)17-15(10-18)16-8-5-9-19-16/h4-9,13,15,17-18H,10H2,1-3H3. The Balaban J connectivity index is 2.16. The number of hydrogen-bond acceptors (Lipinski definition) is 3. The summed E-state index contributed by atoms with van der Waals surface area (Å²) in [4.78, 5) is 0. The summed E-state index contributed by atoms with van der Waals surface area (Å²) in [5.41, 5.74) is 3.83. The minimum Gasteiger partial charge on any atom is -0.468 e. The van der Waals surface area contributed by atoms with Gasteiger partial charge in [0.05, 0.1) is 18.9 Å². The maximum absolute atomic E-state index is 9.50. The van der Waals surface area contributed by atoms with E-state index in [-0.39, 0.29) is 18.7 Å². The van der Waals surface area contributed by atoms with Gasteiger partial charge in [-0.1, -0.05) is 18.2 Å². The predicted octanol–water partition coefficient (Wildman–Crippen LogP) is 3.28.